The molecule has 1 amide bonds. The highest BCUT2D eigenvalue weighted by Gasteiger charge is 2.21. The molecule has 2 heterocycles. The minimum atomic E-state index is -0.0281. The predicted octanol–water partition coefficient (Wildman–Crippen LogP) is 1.85. The number of carbonyl (C=O) groups is 1. The van der Waals surface area contributed by atoms with Crippen LogP contribution in [0.5, 0.6) is 0 Å². The van der Waals surface area contributed by atoms with Crippen LogP contribution in [0.3, 0.4) is 0 Å². The number of carbonyl (C=O) groups excluding carboxylic acids is 1. The van der Waals surface area contributed by atoms with Crippen molar-refractivity contribution in [1.29, 1.82) is 0 Å². The van der Waals surface area contributed by atoms with E-state index >= 15 is 0 Å². The Bertz CT molecular complexity index is 670. The second-order valence-electron chi connectivity index (χ2n) is 4.37. The number of nitrogens with two attached hydrogens (primary N) is 1. The Morgan fingerprint density at radius 3 is 2.86 bits per heavy atom. The third-order valence-electron chi connectivity index (χ3n) is 2.94. The third-order valence-corrected chi connectivity index (χ3v) is 4.81. The zero-order chi connectivity index (χ0) is 14.7. The number of hydrogen-bond acceptors (Lipinski definition) is 7. The van der Waals surface area contributed by atoms with Crippen molar-refractivity contribution in [3.63, 3.8) is 0 Å². The Balaban J connectivity index is 1.60. The van der Waals surface area contributed by atoms with E-state index in [1.165, 1.54) is 28.1 Å². The molecule has 0 atom stereocenters. The number of hydrogen-bond donors (Lipinski definition) is 1. The van der Waals surface area contributed by atoms with Crippen LogP contribution in [0.2, 0.25) is 0 Å². The number of aromatic nitrogens is 2. The molecule has 21 heavy (non-hydrogen) atoms. The molecule has 2 aromatic rings. The molecule has 1 aromatic heterocycles. The van der Waals surface area contributed by atoms with E-state index in [0.29, 0.717) is 21.8 Å². The first-order valence-electron chi connectivity index (χ1n) is 6.37. The molecule has 108 valence electrons. The Labute approximate surface area is 130 Å². The van der Waals surface area contributed by atoms with Crippen LogP contribution < -0.4 is 5.73 Å². The fourth-order valence-corrected chi connectivity index (χ4v) is 3.45. The molecule has 0 spiro atoms. The van der Waals surface area contributed by atoms with Gasteiger partial charge in [-0.2, -0.15) is 5.10 Å². The summed E-state index contributed by atoms with van der Waals surface area (Å²) in [6.45, 7) is 0.627. The van der Waals surface area contributed by atoms with Gasteiger partial charge in [-0.05, 0) is 5.56 Å². The highest BCUT2D eigenvalue weighted by molar-refractivity contribution is 8.01. The summed E-state index contributed by atoms with van der Waals surface area (Å²) in [5.41, 5.74) is 7.52. The maximum atomic E-state index is 12.1. The van der Waals surface area contributed by atoms with E-state index < -0.39 is 0 Å². The van der Waals surface area contributed by atoms with E-state index in [2.05, 4.69) is 15.3 Å². The number of nitrogen functional groups attached to an aromatic ring is 1. The highest BCUT2D eigenvalue weighted by Crippen LogP contribution is 2.24. The standard InChI is InChI=1S/C13H13N5OS2/c14-12-15-16-13(21-12)20-8-11(19)18-7-6-10(17-18)9-4-2-1-3-5-9/h1-5H,6-8H2,(H2,14,15). The second-order valence-corrected chi connectivity index (χ2v) is 6.61. The van der Waals surface area contributed by atoms with Crippen molar-refractivity contribution < 1.29 is 4.79 Å². The molecular weight excluding hydrogens is 306 g/mol. The molecule has 0 unspecified atom stereocenters. The summed E-state index contributed by atoms with van der Waals surface area (Å²) in [5, 5.41) is 13.9. The van der Waals surface area contributed by atoms with Crippen molar-refractivity contribution in [1.82, 2.24) is 15.2 Å². The molecule has 2 N–H and O–H groups in total. The van der Waals surface area contributed by atoms with Crippen LogP contribution in [-0.2, 0) is 4.79 Å². The molecule has 1 aliphatic heterocycles. The molecule has 0 saturated heterocycles. The molecule has 6 nitrogen and oxygen atoms in total. The monoisotopic (exact) mass is 319 g/mol. The fraction of sp³-hybridized carbons (Fsp3) is 0.231. The minimum absolute atomic E-state index is 0.0281. The van der Waals surface area contributed by atoms with E-state index in [9.17, 15) is 4.79 Å². The normalized spacial score (nSPS) is 14.3. The quantitative estimate of drug-likeness (QED) is 0.869. The van der Waals surface area contributed by atoms with Gasteiger partial charge in [0.2, 0.25) is 5.13 Å². The number of rotatable bonds is 4. The molecule has 0 fully saturated rings. The SMILES string of the molecule is Nc1nnc(SCC(=O)N2CCC(c3ccccc3)=N2)s1. The Morgan fingerprint density at radius 2 is 2.14 bits per heavy atom. The van der Waals surface area contributed by atoms with E-state index in [1.54, 1.807) is 0 Å². The average molecular weight is 319 g/mol. The van der Waals surface area contributed by atoms with Crippen LogP contribution >= 0.6 is 23.1 Å². The molecule has 0 saturated carbocycles. The average Bonchev–Trinajstić information content (AvgIpc) is 3.15. The lowest BCUT2D eigenvalue weighted by Gasteiger charge is -2.09. The van der Waals surface area contributed by atoms with Gasteiger partial charge in [0.05, 0.1) is 18.0 Å². The molecule has 0 aliphatic carbocycles. The smallest absolute Gasteiger partial charge is 0.253 e. The third kappa shape index (κ3) is 3.40. The molecular formula is C13H13N5OS2. The van der Waals surface area contributed by atoms with Crippen molar-refractivity contribution in [2.45, 2.75) is 10.8 Å². The summed E-state index contributed by atoms with van der Waals surface area (Å²) in [5.74, 6) is 0.264. The Morgan fingerprint density at radius 1 is 1.33 bits per heavy atom. The van der Waals surface area contributed by atoms with Gasteiger partial charge in [-0.25, -0.2) is 5.01 Å². The van der Waals surface area contributed by atoms with Gasteiger partial charge in [0.25, 0.3) is 5.91 Å². The van der Waals surface area contributed by atoms with Crippen LogP contribution in [0.15, 0.2) is 39.8 Å². The van der Waals surface area contributed by atoms with Gasteiger partial charge in [-0.3, -0.25) is 4.79 Å². The zero-order valence-corrected chi connectivity index (χ0v) is 12.7. The largest absolute Gasteiger partial charge is 0.374 e. The molecule has 3 rings (SSSR count). The van der Waals surface area contributed by atoms with Gasteiger partial charge in [0, 0.05) is 6.42 Å². The van der Waals surface area contributed by atoms with Crippen LogP contribution in [0.1, 0.15) is 12.0 Å². The number of benzene rings is 1. The molecule has 0 bridgehead atoms. The maximum Gasteiger partial charge on any atom is 0.253 e. The highest BCUT2D eigenvalue weighted by atomic mass is 32.2. The summed E-state index contributed by atoms with van der Waals surface area (Å²) in [6, 6.07) is 9.92. The van der Waals surface area contributed by atoms with Gasteiger partial charge < -0.3 is 5.73 Å². The number of hydrazone groups is 1. The topological polar surface area (TPSA) is 84.5 Å². The summed E-state index contributed by atoms with van der Waals surface area (Å²) in [4.78, 5) is 12.1. The van der Waals surface area contributed by atoms with Crippen LogP contribution in [0.25, 0.3) is 0 Å². The number of nitrogens with zero attached hydrogens (tertiary/aromatic N) is 4. The van der Waals surface area contributed by atoms with Gasteiger partial charge in [-0.15, -0.1) is 10.2 Å². The molecule has 1 aromatic carbocycles. The van der Waals surface area contributed by atoms with E-state index in [4.69, 9.17) is 5.73 Å². The summed E-state index contributed by atoms with van der Waals surface area (Å²) >= 11 is 2.62. The zero-order valence-electron chi connectivity index (χ0n) is 11.1. The maximum absolute atomic E-state index is 12.1. The van der Waals surface area contributed by atoms with Gasteiger partial charge in [0.15, 0.2) is 4.34 Å². The van der Waals surface area contributed by atoms with Crippen molar-refractivity contribution in [2.24, 2.45) is 5.10 Å². The van der Waals surface area contributed by atoms with Crippen LogP contribution in [0, 0.1) is 0 Å². The van der Waals surface area contributed by atoms with E-state index in [-0.39, 0.29) is 5.91 Å². The molecule has 1 aliphatic rings. The minimum Gasteiger partial charge on any atom is -0.374 e. The number of anilines is 1. The number of thioether (sulfide) groups is 1. The van der Waals surface area contributed by atoms with Crippen molar-refractivity contribution in [2.75, 3.05) is 18.0 Å². The first kappa shape index (κ1) is 14.0. The lowest BCUT2D eigenvalue weighted by Crippen LogP contribution is -2.25. The van der Waals surface area contributed by atoms with Gasteiger partial charge >= 0.3 is 0 Å². The summed E-state index contributed by atoms with van der Waals surface area (Å²) < 4.78 is 0.701. The van der Waals surface area contributed by atoms with Crippen molar-refractivity contribution in [3.8, 4) is 0 Å². The fourth-order valence-electron chi connectivity index (χ4n) is 1.95. The van der Waals surface area contributed by atoms with Crippen LogP contribution in [-0.4, -0.2) is 39.1 Å². The van der Waals surface area contributed by atoms with Gasteiger partial charge in [-0.1, -0.05) is 53.4 Å². The molecule has 0 radical (unpaired) electrons. The lowest BCUT2D eigenvalue weighted by atomic mass is 10.1. The summed E-state index contributed by atoms with van der Waals surface area (Å²) in [6.07, 6.45) is 0.784. The van der Waals surface area contributed by atoms with Gasteiger partial charge in [0.1, 0.15) is 0 Å². The van der Waals surface area contributed by atoms with Crippen molar-refractivity contribution in [3.05, 3.63) is 35.9 Å². The Hall–Kier alpha value is -1.93. The van der Waals surface area contributed by atoms with E-state index in [1.807, 2.05) is 30.3 Å². The van der Waals surface area contributed by atoms with Crippen LogP contribution in [0.4, 0.5) is 5.13 Å². The first-order valence-corrected chi connectivity index (χ1v) is 8.17. The van der Waals surface area contributed by atoms with Crippen molar-refractivity contribution >= 4 is 39.8 Å². The molecule has 8 heteroatoms. The predicted molar refractivity (Wildman–Crippen MR) is 84.4 cm³/mol. The number of amides is 1. The summed E-state index contributed by atoms with van der Waals surface area (Å²) in [7, 11) is 0. The van der Waals surface area contributed by atoms with E-state index in [0.717, 1.165) is 17.7 Å². The second kappa shape index (κ2) is 6.23. The first-order chi connectivity index (χ1) is 10.2. The Kier molecular flexibility index (Phi) is 4.16. The lowest BCUT2D eigenvalue weighted by molar-refractivity contribution is -0.127.